The topological polar surface area (TPSA) is 130 Å². The predicted molar refractivity (Wildman–Crippen MR) is 98.8 cm³/mol. The number of carbonyl (C=O) groups is 1. The van der Waals surface area contributed by atoms with Gasteiger partial charge in [-0.1, -0.05) is 17.3 Å². The average molecular weight is 390 g/mol. The van der Waals surface area contributed by atoms with Crippen molar-refractivity contribution < 1.29 is 13.2 Å². The summed E-state index contributed by atoms with van der Waals surface area (Å²) in [6.07, 6.45) is 5.56. The largest absolute Gasteiger partial charge is 0.340 e. The molecule has 10 heteroatoms. The number of nitrogens with zero attached hydrogens (tertiary/aromatic N) is 3. The second-order valence-electron chi connectivity index (χ2n) is 6.84. The lowest BCUT2D eigenvalue weighted by Crippen LogP contribution is -2.51. The van der Waals surface area contributed by atoms with Gasteiger partial charge < -0.3 is 5.32 Å². The number of sulfonamides is 1. The Kier molecular flexibility index (Phi) is 5.38. The second-order valence-corrected chi connectivity index (χ2v) is 8.55. The fourth-order valence-corrected chi connectivity index (χ4v) is 4.14. The molecule has 3 N–H and O–H groups in total. The van der Waals surface area contributed by atoms with E-state index in [0.717, 1.165) is 24.8 Å². The SMILES string of the molecule is CC(C)NS(=O)(=O)c1ccc(/C=C/C(=O)NC2(c3nn[nH]n3)CCC2)cc1. The number of nitrogens with one attached hydrogen (secondary N) is 3. The highest BCUT2D eigenvalue weighted by Gasteiger charge is 2.43. The van der Waals surface area contributed by atoms with E-state index in [1.165, 1.54) is 18.2 Å². The summed E-state index contributed by atoms with van der Waals surface area (Å²) in [5.41, 5.74) is 0.158. The van der Waals surface area contributed by atoms with Gasteiger partial charge in [-0.25, -0.2) is 13.1 Å². The van der Waals surface area contributed by atoms with Gasteiger partial charge in [-0.2, -0.15) is 5.21 Å². The van der Waals surface area contributed by atoms with Crippen LogP contribution in [-0.2, 0) is 20.4 Å². The van der Waals surface area contributed by atoms with Crippen molar-refractivity contribution in [1.29, 1.82) is 0 Å². The maximum Gasteiger partial charge on any atom is 0.244 e. The van der Waals surface area contributed by atoms with Gasteiger partial charge in [0.05, 0.1) is 4.90 Å². The number of rotatable bonds is 7. The summed E-state index contributed by atoms with van der Waals surface area (Å²) in [5.74, 6) is 0.223. The van der Waals surface area contributed by atoms with Crippen molar-refractivity contribution in [1.82, 2.24) is 30.7 Å². The molecule has 1 aromatic carbocycles. The van der Waals surface area contributed by atoms with Gasteiger partial charge in [-0.3, -0.25) is 4.79 Å². The Balaban J connectivity index is 1.65. The monoisotopic (exact) mass is 390 g/mol. The first-order chi connectivity index (χ1) is 12.8. The van der Waals surface area contributed by atoms with Gasteiger partial charge in [0.2, 0.25) is 15.9 Å². The van der Waals surface area contributed by atoms with E-state index in [1.807, 2.05) is 0 Å². The fraction of sp³-hybridized carbons (Fsp3) is 0.412. The third-order valence-corrected chi connectivity index (χ3v) is 6.03. The molecule has 2 aromatic rings. The van der Waals surface area contributed by atoms with Crippen molar-refractivity contribution in [2.45, 2.75) is 49.6 Å². The molecule has 1 heterocycles. The zero-order valence-electron chi connectivity index (χ0n) is 15.1. The number of carbonyl (C=O) groups excluding carboxylic acids is 1. The van der Waals surface area contributed by atoms with Crippen LogP contribution in [-0.4, -0.2) is 41.0 Å². The van der Waals surface area contributed by atoms with Crippen LogP contribution < -0.4 is 10.0 Å². The number of aromatic nitrogens is 4. The highest BCUT2D eigenvalue weighted by atomic mass is 32.2. The lowest BCUT2D eigenvalue weighted by Gasteiger charge is -2.39. The number of amides is 1. The molecule has 9 nitrogen and oxygen atoms in total. The number of benzene rings is 1. The second kappa shape index (κ2) is 7.57. The van der Waals surface area contributed by atoms with E-state index < -0.39 is 15.6 Å². The van der Waals surface area contributed by atoms with Crippen molar-refractivity contribution >= 4 is 22.0 Å². The van der Waals surface area contributed by atoms with Gasteiger partial charge in [0, 0.05) is 12.1 Å². The highest BCUT2D eigenvalue weighted by molar-refractivity contribution is 7.89. The Morgan fingerprint density at radius 1 is 1.26 bits per heavy atom. The minimum atomic E-state index is -3.53. The average Bonchev–Trinajstić information content (AvgIpc) is 3.10. The van der Waals surface area contributed by atoms with Crippen LogP contribution in [0.1, 0.15) is 44.5 Å². The van der Waals surface area contributed by atoms with Crippen LogP contribution in [0.15, 0.2) is 35.2 Å². The number of hydrogen-bond donors (Lipinski definition) is 3. The Morgan fingerprint density at radius 2 is 1.96 bits per heavy atom. The molecule has 1 aliphatic carbocycles. The summed E-state index contributed by atoms with van der Waals surface area (Å²) in [7, 11) is -3.53. The first-order valence-electron chi connectivity index (χ1n) is 8.67. The predicted octanol–water partition coefficient (Wildman–Crippen LogP) is 1.10. The zero-order valence-corrected chi connectivity index (χ0v) is 16.0. The van der Waals surface area contributed by atoms with Crippen LogP contribution >= 0.6 is 0 Å². The van der Waals surface area contributed by atoms with Gasteiger partial charge in [0.15, 0.2) is 5.82 Å². The lowest BCUT2D eigenvalue weighted by atomic mass is 9.76. The van der Waals surface area contributed by atoms with Crippen LogP contribution in [0.25, 0.3) is 6.08 Å². The molecular weight excluding hydrogens is 368 g/mol. The van der Waals surface area contributed by atoms with E-state index in [-0.39, 0.29) is 16.8 Å². The lowest BCUT2D eigenvalue weighted by molar-refractivity contribution is -0.119. The summed E-state index contributed by atoms with van der Waals surface area (Å²) in [5, 5.41) is 16.9. The van der Waals surface area contributed by atoms with Crippen molar-refractivity contribution in [3.8, 4) is 0 Å². The maximum atomic E-state index is 12.3. The molecule has 1 amide bonds. The Morgan fingerprint density at radius 3 is 2.48 bits per heavy atom. The van der Waals surface area contributed by atoms with Crippen molar-refractivity contribution in [3.63, 3.8) is 0 Å². The molecule has 0 aliphatic heterocycles. The molecule has 1 aromatic heterocycles. The Bertz CT molecular complexity index is 916. The van der Waals surface area contributed by atoms with Gasteiger partial charge in [-0.15, -0.1) is 10.2 Å². The Labute approximate surface area is 157 Å². The zero-order chi connectivity index (χ0) is 19.5. The fourth-order valence-electron chi connectivity index (χ4n) is 2.89. The maximum absolute atomic E-state index is 12.3. The molecular formula is C17H22N6O3S. The Hall–Kier alpha value is -2.59. The van der Waals surface area contributed by atoms with Gasteiger partial charge in [0.1, 0.15) is 5.54 Å². The van der Waals surface area contributed by atoms with Crippen molar-refractivity contribution in [2.24, 2.45) is 0 Å². The van der Waals surface area contributed by atoms with Crippen molar-refractivity contribution in [3.05, 3.63) is 41.7 Å². The quantitative estimate of drug-likeness (QED) is 0.607. The van der Waals surface area contributed by atoms with Crippen LogP contribution in [0.4, 0.5) is 0 Å². The first-order valence-corrected chi connectivity index (χ1v) is 10.2. The van der Waals surface area contributed by atoms with Crippen LogP contribution in [0.3, 0.4) is 0 Å². The molecule has 3 rings (SSSR count). The number of H-pyrrole nitrogens is 1. The summed E-state index contributed by atoms with van der Waals surface area (Å²) in [4.78, 5) is 12.5. The number of hydrogen-bond acceptors (Lipinski definition) is 6. The van der Waals surface area contributed by atoms with Crippen LogP contribution in [0.2, 0.25) is 0 Å². The molecule has 0 bridgehead atoms. The summed E-state index contributed by atoms with van der Waals surface area (Å²) >= 11 is 0. The number of tetrazole rings is 1. The van der Waals surface area contributed by atoms with Gasteiger partial charge in [-0.05, 0) is 56.9 Å². The standard InChI is InChI=1S/C17H22N6O3S/c1-12(2)21-27(25,26)14-7-4-13(5-8-14)6-9-15(24)18-17(10-3-11-17)16-19-22-23-20-16/h4-9,12,21H,3,10-11H2,1-2H3,(H,18,24)(H,19,20,22,23)/b9-6+. The molecule has 27 heavy (non-hydrogen) atoms. The third-order valence-electron chi connectivity index (χ3n) is 4.35. The smallest absolute Gasteiger partial charge is 0.244 e. The molecule has 0 spiro atoms. The van der Waals surface area contributed by atoms with Gasteiger partial charge in [0.25, 0.3) is 0 Å². The van der Waals surface area contributed by atoms with Crippen LogP contribution in [0.5, 0.6) is 0 Å². The molecule has 1 aliphatic rings. The van der Waals surface area contributed by atoms with Gasteiger partial charge >= 0.3 is 0 Å². The summed E-state index contributed by atoms with van der Waals surface area (Å²) in [6, 6.07) is 6.13. The van der Waals surface area contributed by atoms with Crippen molar-refractivity contribution in [2.75, 3.05) is 0 Å². The van der Waals surface area contributed by atoms with E-state index in [0.29, 0.717) is 5.82 Å². The molecule has 1 fully saturated rings. The van der Waals surface area contributed by atoms with E-state index in [2.05, 4.69) is 30.7 Å². The van der Waals surface area contributed by atoms with Crippen LogP contribution in [0, 0.1) is 0 Å². The summed E-state index contributed by atoms with van der Waals surface area (Å²) < 4.78 is 26.8. The minimum Gasteiger partial charge on any atom is -0.340 e. The highest BCUT2D eigenvalue weighted by Crippen LogP contribution is 2.39. The van der Waals surface area contributed by atoms with E-state index >= 15 is 0 Å². The molecule has 1 saturated carbocycles. The van der Waals surface area contributed by atoms with E-state index in [1.54, 1.807) is 32.1 Å². The minimum absolute atomic E-state index is 0.184. The van der Waals surface area contributed by atoms with E-state index in [4.69, 9.17) is 0 Å². The first kappa shape index (κ1) is 19.2. The molecule has 0 saturated heterocycles. The van der Waals surface area contributed by atoms with E-state index in [9.17, 15) is 13.2 Å². The molecule has 0 radical (unpaired) electrons. The normalized spacial score (nSPS) is 16.4. The number of aromatic amines is 1. The summed E-state index contributed by atoms with van der Waals surface area (Å²) in [6.45, 7) is 3.52. The third kappa shape index (κ3) is 4.40. The molecule has 0 atom stereocenters. The molecule has 0 unspecified atom stereocenters. The molecule has 144 valence electrons.